The Morgan fingerprint density at radius 2 is 2.09 bits per heavy atom. The quantitative estimate of drug-likeness (QED) is 0.651. The molecule has 3 aromatic rings. The number of halogens is 1. The molecular formula is C14H11BrN4O2S2. The zero-order valence-electron chi connectivity index (χ0n) is 11.9. The molecule has 118 valence electrons. The number of thiophene rings is 1. The molecule has 0 aliphatic heterocycles. The smallest absolute Gasteiger partial charge is 0.286 e. The minimum atomic E-state index is -0.396. The molecule has 0 saturated heterocycles. The Morgan fingerprint density at radius 1 is 1.30 bits per heavy atom. The lowest BCUT2D eigenvalue weighted by atomic mass is 10.4. The van der Waals surface area contributed by atoms with Crippen molar-refractivity contribution in [3.8, 4) is 9.88 Å². The molecule has 0 unspecified atom stereocenters. The number of aryl methyl sites for hydroxylation is 1. The van der Waals surface area contributed by atoms with Crippen LogP contribution in [0.3, 0.4) is 0 Å². The van der Waals surface area contributed by atoms with Crippen molar-refractivity contribution in [3.63, 3.8) is 0 Å². The number of thiazole rings is 1. The Bertz CT molecular complexity index is 854. The second-order valence-electron chi connectivity index (χ2n) is 4.57. The molecule has 0 aliphatic rings. The second-order valence-corrected chi connectivity index (χ2v) is 7.46. The number of hydrazine groups is 1. The molecule has 3 rings (SSSR count). The molecule has 6 nitrogen and oxygen atoms in total. The molecule has 23 heavy (non-hydrogen) atoms. The van der Waals surface area contributed by atoms with Gasteiger partial charge in [0.15, 0.2) is 0 Å². The highest BCUT2D eigenvalue weighted by Crippen LogP contribution is 2.28. The SMILES string of the molecule is Cn1cc(Br)cc1C(=O)NNC(=O)c1cnc(-c2cccs2)s1. The molecule has 0 fully saturated rings. The average Bonchev–Trinajstić information content (AvgIpc) is 3.24. The highest BCUT2D eigenvalue weighted by Gasteiger charge is 2.15. The normalized spacial score (nSPS) is 10.5. The van der Waals surface area contributed by atoms with Crippen LogP contribution in [0.5, 0.6) is 0 Å². The number of carbonyl (C=O) groups is 2. The van der Waals surface area contributed by atoms with Crippen LogP contribution in [0.1, 0.15) is 20.2 Å². The van der Waals surface area contributed by atoms with E-state index in [1.807, 2.05) is 17.5 Å². The summed E-state index contributed by atoms with van der Waals surface area (Å²) in [7, 11) is 1.75. The maximum Gasteiger partial charge on any atom is 0.286 e. The summed E-state index contributed by atoms with van der Waals surface area (Å²) in [6.45, 7) is 0. The Labute approximate surface area is 148 Å². The Hall–Kier alpha value is -1.97. The standard InChI is InChI=1S/C14H11BrN4O2S2/c1-19-7-8(15)5-9(19)12(20)17-18-13(21)11-6-16-14(23-11)10-3-2-4-22-10/h2-7H,1H3,(H,17,20)(H,18,21). The molecule has 0 spiro atoms. The predicted octanol–water partition coefficient (Wildman–Crippen LogP) is 3.05. The highest BCUT2D eigenvalue weighted by molar-refractivity contribution is 9.10. The van der Waals surface area contributed by atoms with Gasteiger partial charge in [-0.05, 0) is 33.4 Å². The van der Waals surface area contributed by atoms with Gasteiger partial charge < -0.3 is 4.57 Å². The van der Waals surface area contributed by atoms with Gasteiger partial charge in [0.05, 0.1) is 11.1 Å². The van der Waals surface area contributed by atoms with Crippen LogP contribution in [0.4, 0.5) is 0 Å². The first-order valence-electron chi connectivity index (χ1n) is 6.47. The Morgan fingerprint density at radius 3 is 2.74 bits per heavy atom. The van der Waals surface area contributed by atoms with Crippen LogP contribution >= 0.6 is 38.6 Å². The fraction of sp³-hybridized carbons (Fsp3) is 0.0714. The van der Waals surface area contributed by atoms with Gasteiger partial charge in [-0.25, -0.2) is 4.98 Å². The molecule has 3 heterocycles. The van der Waals surface area contributed by atoms with Crippen molar-refractivity contribution < 1.29 is 9.59 Å². The minimum absolute atomic E-state index is 0.394. The first-order chi connectivity index (χ1) is 11.0. The lowest BCUT2D eigenvalue weighted by Crippen LogP contribution is -2.41. The van der Waals surface area contributed by atoms with Gasteiger partial charge >= 0.3 is 0 Å². The maximum atomic E-state index is 12.1. The number of nitrogens with zero attached hydrogens (tertiary/aromatic N) is 2. The average molecular weight is 411 g/mol. The predicted molar refractivity (Wildman–Crippen MR) is 93.5 cm³/mol. The minimum Gasteiger partial charge on any atom is -0.345 e. The molecular weight excluding hydrogens is 400 g/mol. The third-order valence-electron chi connectivity index (χ3n) is 2.96. The number of hydrogen-bond donors (Lipinski definition) is 2. The zero-order chi connectivity index (χ0) is 16.4. The van der Waals surface area contributed by atoms with Crippen LogP contribution in [-0.4, -0.2) is 21.4 Å². The van der Waals surface area contributed by atoms with Crippen LogP contribution in [-0.2, 0) is 7.05 Å². The molecule has 9 heteroatoms. The van der Waals surface area contributed by atoms with Crippen LogP contribution in [0.2, 0.25) is 0 Å². The van der Waals surface area contributed by atoms with Crippen molar-refractivity contribution in [3.05, 3.63) is 51.0 Å². The van der Waals surface area contributed by atoms with Gasteiger partial charge in [-0.3, -0.25) is 20.4 Å². The summed E-state index contributed by atoms with van der Waals surface area (Å²) in [6.07, 6.45) is 3.26. The van der Waals surface area contributed by atoms with Crippen molar-refractivity contribution in [2.45, 2.75) is 0 Å². The lowest BCUT2D eigenvalue weighted by molar-refractivity contribution is 0.0844. The first-order valence-corrected chi connectivity index (χ1v) is 8.96. The topological polar surface area (TPSA) is 76.0 Å². The molecule has 0 atom stereocenters. The number of amides is 2. The number of aromatic nitrogens is 2. The zero-order valence-corrected chi connectivity index (χ0v) is 15.1. The largest absolute Gasteiger partial charge is 0.345 e. The van der Waals surface area contributed by atoms with E-state index in [1.54, 1.807) is 35.2 Å². The van der Waals surface area contributed by atoms with E-state index >= 15 is 0 Å². The van der Waals surface area contributed by atoms with E-state index in [-0.39, 0.29) is 0 Å². The van der Waals surface area contributed by atoms with E-state index in [0.29, 0.717) is 10.6 Å². The van der Waals surface area contributed by atoms with Gasteiger partial charge in [-0.2, -0.15) is 0 Å². The van der Waals surface area contributed by atoms with Gasteiger partial charge in [-0.15, -0.1) is 22.7 Å². The van der Waals surface area contributed by atoms with Crippen molar-refractivity contribution in [2.75, 3.05) is 0 Å². The van der Waals surface area contributed by atoms with E-state index in [9.17, 15) is 9.59 Å². The van der Waals surface area contributed by atoms with E-state index in [1.165, 1.54) is 17.5 Å². The van der Waals surface area contributed by atoms with Crippen molar-refractivity contribution in [1.82, 2.24) is 20.4 Å². The Balaban J connectivity index is 1.63. The Kier molecular flexibility index (Phi) is 4.60. The molecule has 0 radical (unpaired) electrons. The molecule has 0 saturated carbocycles. The summed E-state index contributed by atoms with van der Waals surface area (Å²) in [4.78, 5) is 29.8. The second kappa shape index (κ2) is 6.65. The van der Waals surface area contributed by atoms with Crippen LogP contribution < -0.4 is 10.9 Å². The van der Waals surface area contributed by atoms with E-state index in [0.717, 1.165) is 14.4 Å². The highest BCUT2D eigenvalue weighted by atomic mass is 79.9. The van der Waals surface area contributed by atoms with Gasteiger partial charge in [0.2, 0.25) is 0 Å². The summed E-state index contributed by atoms with van der Waals surface area (Å²) >= 11 is 6.13. The van der Waals surface area contributed by atoms with Crippen LogP contribution in [0.15, 0.2) is 40.4 Å². The fourth-order valence-corrected chi connectivity index (χ4v) is 4.02. The number of hydrogen-bond acceptors (Lipinski definition) is 5. The van der Waals surface area contributed by atoms with Crippen molar-refractivity contribution in [2.24, 2.45) is 7.05 Å². The number of nitrogens with one attached hydrogen (secondary N) is 2. The third-order valence-corrected chi connectivity index (χ3v) is 5.42. The summed E-state index contributed by atoms with van der Waals surface area (Å²) < 4.78 is 2.45. The summed E-state index contributed by atoms with van der Waals surface area (Å²) in [6, 6.07) is 5.54. The fourth-order valence-electron chi connectivity index (χ4n) is 1.88. The lowest BCUT2D eigenvalue weighted by Gasteiger charge is -2.06. The molecule has 0 bridgehead atoms. The maximum absolute atomic E-state index is 12.1. The molecule has 3 aromatic heterocycles. The van der Waals surface area contributed by atoms with E-state index < -0.39 is 11.8 Å². The molecule has 0 aliphatic carbocycles. The summed E-state index contributed by atoms with van der Waals surface area (Å²) in [5, 5.41) is 2.73. The van der Waals surface area contributed by atoms with Gasteiger partial charge in [-0.1, -0.05) is 6.07 Å². The monoisotopic (exact) mass is 410 g/mol. The van der Waals surface area contributed by atoms with Crippen molar-refractivity contribution >= 4 is 50.4 Å². The van der Waals surface area contributed by atoms with Crippen LogP contribution in [0, 0.1) is 0 Å². The van der Waals surface area contributed by atoms with E-state index in [2.05, 4.69) is 31.8 Å². The van der Waals surface area contributed by atoms with Gasteiger partial charge in [0, 0.05) is 17.7 Å². The van der Waals surface area contributed by atoms with E-state index in [4.69, 9.17) is 0 Å². The number of carbonyl (C=O) groups excluding carboxylic acids is 2. The summed E-state index contributed by atoms with van der Waals surface area (Å²) in [5.74, 6) is -0.790. The molecule has 0 aromatic carbocycles. The van der Waals surface area contributed by atoms with Crippen molar-refractivity contribution in [1.29, 1.82) is 0 Å². The van der Waals surface area contributed by atoms with Crippen LogP contribution in [0.25, 0.3) is 9.88 Å². The van der Waals surface area contributed by atoms with Gasteiger partial charge in [0.1, 0.15) is 15.6 Å². The summed E-state index contributed by atoms with van der Waals surface area (Å²) in [5.41, 5.74) is 5.23. The number of rotatable bonds is 3. The molecule has 2 N–H and O–H groups in total. The molecule has 2 amide bonds. The first kappa shape index (κ1) is 15.9. The van der Waals surface area contributed by atoms with Gasteiger partial charge in [0.25, 0.3) is 11.8 Å². The third kappa shape index (κ3) is 3.52.